The average Bonchev–Trinajstić information content (AvgIpc) is 2.69. The number of fused-ring (bicyclic) bond motifs is 1. The van der Waals surface area contributed by atoms with Crippen LogP contribution in [0.4, 0.5) is 0 Å². The number of carbonyl (C=O) groups excluding carboxylic acids is 1. The van der Waals surface area contributed by atoms with Crippen molar-refractivity contribution >= 4 is 17.2 Å². The van der Waals surface area contributed by atoms with Gasteiger partial charge >= 0.3 is 0 Å². The molecule has 0 aromatic carbocycles. The SMILES string of the molecule is O=C1CC2=CC(c3cccnc3)=CCC2=N1. The van der Waals surface area contributed by atoms with E-state index in [1.54, 1.807) is 6.20 Å². The molecular formula is C13H10N2O. The van der Waals surface area contributed by atoms with E-state index in [9.17, 15) is 4.79 Å². The van der Waals surface area contributed by atoms with Crippen molar-refractivity contribution in [2.24, 2.45) is 4.99 Å². The number of aliphatic imine (C=N–C) groups is 1. The number of pyridine rings is 1. The Morgan fingerprint density at radius 2 is 2.25 bits per heavy atom. The molecule has 0 saturated heterocycles. The van der Waals surface area contributed by atoms with Crippen LogP contribution in [0.25, 0.3) is 5.57 Å². The summed E-state index contributed by atoms with van der Waals surface area (Å²) in [5.41, 5.74) is 4.22. The van der Waals surface area contributed by atoms with Gasteiger partial charge < -0.3 is 0 Å². The van der Waals surface area contributed by atoms with Crippen LogP contribution in [0.1, 0.15) is 18.4 Å². The van der Waals surface area contributed by atoms with Crippen molar-refractivity contribution in [2.75, 3.05) is 0 Å². The van der Waals surface area contributed by atoms with Crippen LogP contribution in [0, 0.1) is 0 Å². The molecule has 0 N–H and O–H groups in total. The normalized spacial score (nSPS) is 18.8. The third-order valence-electron chi connectivity index (χ3n) is 2.81. The number of aromatic nitrogens is 1. The van der Waals surface area contributed by atoms with Crippen molar-refractivity contribution in [1.82, 2.24) is 4.98 Å². The van der Waals surface area contributed by atoms with Crippen molar-refractivity contribution in [3.8, 4) is 0 Å². The van der Waals surface area contributed by atoms with Crippen LogP contribution >= 0.6 is 0 Å². The second-order valence-electron chi connectivity index (χ2n) is 3.90. The summed E-state index contributed by atoms with van der Waals surface area (Å²) in [4.78, 5) is 19.3. The summed E-state index contributed by atoms with van der Waals surface area (Å²) in [5.74, 6) is -0.0258. The summed E-state index contributed by atoms with van der Waals surface area (Å²) in [6.07, 6.45) is 8.94. The Morgan fingerprint density at radius 3 is 3.06 bits per heavy atom. The molecule has 0 spiro atoms. The van der Waals surface area contributed by atoms with Gasteiger partial charge in [-0.05, 0) is 28.9 Å². The van der Waals surface area contributed by atoms with E-state index < -0.39 is 0 Å². The van der Waals surface area contributed by atoms with E-state index in [1.807, 2.05) is 24.4 Å². The molecule has 2 aliphatic rings. The Bertz CT molecular complexity index is 538. The molecule has 3 rings (SSSR count). The summed E-state index contributed by atoms with van der Waals surface area (Å²) in [6.45, 7) is 0. The minimum Gasteiger partial charge on any atom is -0.272 e. The summed E-state index contributed by atoms with van der Waals surface area (Å²) >= 11 is 0. The zero-order chi connectivity index (χ0) is 11.0. The van der Waals surface area contributed by atoms with Crippen LogP contribution in [-0.2, 0) is 4.79 Å². The number of amides is 1. The highest BCUT2D eigenvalue weighted by atomic mass is 16.1. The van der Waals surface area contributed by atoms with Gasteiger partial charge in [0, 0.05) is 18.8 Å². The average molecular weight is 210 g/mol. The molecule has 0 saturated carbocycles. The van der Waals surface area contributed by atoms with Crippen molar-refractivity contribution in [2.45, 2.75) is 12.8 Å². The van der Waals surface area contributed by atoms with Crippen molar-refractivity contribution < 1.29 is 4.79 Å². The smallest absolute Gasteiger partial charge is 0.250 e. The predicted octanol–water partition coefficient (Wildman–Crippen LogP) is 2.17. The number of nitrogens with zero attached hydrogens (tertiary/aromatic N) is 2. The molecule has 2 heterocycles. The zero-order valence-corrected chi connectivity index (χ0v) is 8.68. The van der Waals surface area contributed by atoms with Gasteiger partial charge in [0.15, 0.2) is 0 Å². The fraction of sp³-hybridized carbons (Fsp3) is 0.154. The first-order chi connectivity index (χ1) is 7.83. The fourth-order valence-corrected chi connectivity index (χ4v) is 2.03. The van der Waals surface area contributed by atoms with Gasteiger partial charge in [-0.15, -0.1) is 0 Å². The maximum absolute atomic E-state index is 11.2. The van der Waals surface area contributed by atoms with Crippen LogP contribution < -0.4 is 0 Å². The van der Waals surface area contributed by atoms with E-state index in [4.69, 9.17) is 0 Å². The molecule has 1 aliphatic carbocycles. The molecule has 1 amide bonds. The lowest BCUT2D eigenvalue weighted by atomic mass is 9.94. The van der Waals surface area contributed by atoms with Gasteiger partial charge in [0.05, 0.1) is 12.1 Å². The van der Waals surface area contributed by atoms with E-state index in [-0.39, 0.29) is 5.91 Å². The van der Waals surface area contributed by atoms with Crippen LogP contribution in [-0.4, -0.2) is 16.6 Å². The minimum absolute atomic E-state index is 0.0258. The summed E-state index contributed by atoms with van der Waals surface area (Å²) < 4.78 is 0. The summed E-state index contributed by atoms with van der Waals surface area (Å²) in [5, 5.41) is 0. The van der Waals surface area contributed by atoms with Crippen LogP contribution in [0.2, 0.25) is 0 Å². The van der Waals surface area contributed by atoms with Gasteiger partial charge in [-0.1, -0.05) is 12.1 Å². The number of rotatable bonds is 1. The number of hydrogen-bond acceptors (Lipinski definition) is 2. The third-order valence-corrected chi connectivity index (χ3v) is 2.81. The van der Waals surface area contributed by atoms with Crippen LogP contribution in [0.5, 0.6) is 0 Å². The van der Waals surface area contributed by atoms with E-state index in [0.29, 0.717) is 6.42 Å². The Hall–Kier alpha value is -2.03. The van der Waals surface area contributed by atoms with E-state index in [2.05, 4.69) is 16.1 Å². The summed E-state index contributed by atoms with van der Waals surface area (Å²) in [7, 11) is 0. The molecule has 3 nitrogen and oxygen atoms in total. The molecule has 0 atom stereocenters. The van der Waals surface area contributed by atoms with Crippen molar-refractivity contribution in [3.05, 3.63) is 47.8 Å². The first kappa shape index (κ1) is 9.21. The standard InChI is InChI=1S/C13H10N2O/c16-13-7-11-6-9(3-4-12(11)15-13)10-2-1-5-14-8-10/h1-3,5-6,8H,4,7H2. The second kappa shape index (κ2) is 3.52. The van der Waals surface area contributed by atoms with Crippen LogP contribution in [0.15, 0.2) is 47.2 Å². The Kier molecular flexibility index (Phi) is 2.03. The molecule has 1 aromatic heterocycles. The van der Waals surface area contributed by atoms with Crippen molar-refractivity contribution in [1.29, 1.82) is 0 Å². The summed E-state index contributed by atoms with van der Waals surface area (Å²) in [6, 6.07) is 3.94. The molecule has 16 heavy (non-hydrogen) atoms. The number of carbonyl (C=O) groups is 1. The molecule has 3 heteroatoms. The lowest BCUT2D eigenvalue weighted by Gasteiger charge is -2.10. The molecule has 1 aromatic rings. The van der Waals surface area contributed by atoms with E-state index in [1.165, 1.54) is 0 Å². The van der Waals surface area contributed by atoms with Gasteiger partial charge in [0.2, 0.25) is 5.91 Å². The molecule has 0 bridgehead atoms. The monoisotopic (exact) mass is 210 g/mol. The largest absolute Gasteiger partial charge is 0.272 e. The van der Waals surface area contributed by atoms with Crippen molar-refractivity contribution in [3.63, 3.8) is 0 Å². The third kappa shape index (κ3) is 1.50. The molecular weight excluding hydrogens is 200 g/mol. The lowest BCUT2D eigenvalue weighted by Crippen LogP contribution is -2.01. The Labute approximate surface area is 93.2 Å². The van der Waals surface area contributed by atoms with Gasteiger partial charge in [-0.2, -0.15) is 0 Å². The Balaban J connectivity index is 1.97. The maximum Gasteiger partial charge on any atom is 0.250 e. The van der Waals surface area contributed by atoms with Gasteiger partial charge in [-0.3, -0.25) is 9.78 Å². The topological polar surface area (TPSA) is 42.3 Å². The van der Waals surface area contributed by atoms with Crippen LogP contribution in [0.3, 0.4) is 0 Å². The number of allylic oxidation sites excluding steroid dienone is 3. The Morgan fingerprint density at radius 1 is 1.31 bits per heavy atom. The molecule has 0 fully saturated rings. The van der Waals surface area contributed by atoms with Gasteiger partial charge in [-0.25, -0.2) is 4.99 Å². The highest BCUT2D eigenvalue weighted by molar-refractivity contribution is 6.17. The maximum atomic E-state index is 11.2. The molecule has 0 unspecified atom stereocenters. The molecule has 1 aliphatic heterocycles. The zero-order valence-electron chi connectivity index (χ0n) is 8.68. The first-order valence-electron chi connectivity index (χ1n) is 5.25. The highest BCUT2D eigenvalue weighted by Crippen LogP contribution is 2.28. The minimum atomic E-state index is -0.0258. The van der Waals surface area contributed by atoms with E-state index >= 15 is 0 Å². The highest BCUT2D eigenvalue weighted by Gasteiger charge is 2.22. The number of hydrogen-bond donors (Lipinski definition) is 0. The lowest BCUT2D eigenvalue weighted by molar-refractivity contribution is -0.116. The first-order valence-corrected chi connectivity index (χ1v) is 5.25. The van der Waals surface area contributed by atoms with Gasteiger partial charge in [0.1, 0.15) is 0 Å². The molecule has 0 radical (unpaired) electrons. The van der Waals surface area contributed by atoms with Gasteiger partial charge in [0.25, 0.3) is 0 Å². The predicted molar refractivity (Wildman–Crippen MR) is 62.0 cm³/mol. The second-order valence-corrected chi connectivity index (χ2v) is 3.90. The molecule has 78 valence electrons. The fourth-order valence-electron chi connectivity index (χ4n) is 2.03. The quantitative estimate of drug-likeness (QED) is 0.712. The van der Waals surface area contributed by atoms with E-state index in [0.717, 1.165) is 28.8 Å².